The van der Waals surface area contributed by atoms with Gasteiger partial charge in [0, 0.05) is 25.1 Å². The van der Waals surface area contributed by atoms with Crippen LogP contribution in [0.15, 0.2) is 18.5 Å². The van der Waals surface area contributed by atoms with E-state index >= 15 is 0 Å². The number of aromatic nitrogens is 1. The van der Waals surface area contributed by atoms with Gasteiger partial charge in [0.1, 0.15) is 0 Å². The van der Waals surface area contributed by atoms with E-state index in [0.717, 1.165) is 18.4 Å². The largest absolute Gasteiger partial charge is 0.464 e. The number of ether oxygens (including phenoxy) is 1. The van der Waals surface area contributed by atoms with Crippen molar-refractivity contribution in [1.29, 1.82) is 0 Å². The number of carbonyl (C=O) groups is 2. The zero-order chi connectivity index (χ0) is 16.8. The first-order valence-electron chi connectivity index (χ1n) is 8.13. The van der Waals surface area contributed by atoms with Crippen LogP contribution in [0.25, 0.3) is 0 Å². The average Bonchev–Trinajstić information content (AvgIpc) is 3.35. The maximum atomic E-state index is 13.0. The number of nitrogens with zero attached hydrogens (tertiary/aromatic N) is 2. The Morgan fingerprint density at radius 1 is 1.48 bits per heavy atom. The fourth-order valence-corrected chi connectivity index (χ4v) is 4.01. The van der Waals surface area contributed by atoms with Crippen LogP contribution in [0.5, 0.6) is 0 Å². The Balaban J connectivity index is 2.24. The van der Waals surface area contributed by atoms with E-state index < -0.39 is 5.54 Å². The van der Waals surface area contributed by atoms with Crippen LogP contribution in [0.4, 0.5) is 5.69 Å². The summed E-state index contributed by atoms with van der Waals surface area (Å²) in [5, 5.41) is 0. The lowest BCUT2D eigenvalue weighted by Crippen LogP contribution is -2.67. The van der Waals surface area contributed by atoms with Crippen molar-refractivity contribution in [3.05, 3.63) is 24.0 Å². The second-order valence-corrected chi connectivity index (χ2v) is 6.42. The van der Waals surface area contributed by atoms with Gasteiger partial charge in [0.2, 0.25) is 5.91 Å². The van der Waals surface area contributed by atoms with Crippen molar-refractivity contribution in [1.82, 2.24) is 4.98 Å². The van der Waals surface area contributed by atoms with Crippen LogP contribution in [0.1, 0.15) is 45.2 Å². The fraction of sp³-hybridized carbons (Fsp3) is 0.588. The molecule has 0 spiro atoms. The molecule has 1 saturated carbocycles. The molecule has 0 bridgehead atoms. The summed E-state index contributed by atoms with van der Waals surface area (Å²) in [6, 6.07) is 1.49. The average molecular weight is 317 g/mol. The van der Waals surface area contributed by atoms with Crippen molar-refractivity contribution in [2.45, 2.75) is 45.2 Å². The molecule has 3 rings (SSSR count). The van der Waals surface area contributed by atoms with E-state index in [2.05, 4.69) is 4.98 Å². The molecule has 0 saturated heterocycles. The van der Waals surface area contributed by atoms with Crippen LogP contribution >= 0.6 is 0 Å². The van der Waals surface area contributed by atoms with E-state index in [0.29, 0.717) is 5.69 Å². The topological polar surface area (TPSA) is 85.5 Å². The van der Waals surface area contributed by atoms with Gasteiger partial charge in [-0.25, -0.2) is 4.79 Å². The highest BCUT2D eigenvalue weighted by Crippen LogP contribution is 2.55. The first-order chi connectivity index (χ1) is 11.0. The summed E-state index contributed by atoms with van der Waals surface area (Å²) in [5.41, 5.74) is 6.90. The smallest absolute Gasteiger partial charge is 0.333 e. The Bertz CT molecular complexity index is 644. The lowest BCUT2D eigenvalue weighted by atomic mass is 9.70. The molecule has 0 radical (unpaired) electrons. The Kier molecular flexibility index (Phi) is 3.88. The number of anilines is 1. The summed E-state index contributed by atoms with van der Waals surface area (Å²) in [5.74, 6) is -0.680. The van der Waals surface area contributed by atoms with Gasteiger partial charge in [0.25, 0.3) is 0 Å². The van der Waals surface area contributed by atoms with E-state index in [9.17, 15) is 9.59 Å². The minimum Gasteiger partial charge on any atom is -0.464 e. The van der Waals surface area contributed by atoms with E-state index in [4.69, 9.17) is 10.5 Å². The number of nitrogens with two attached hydrogens (primary N) is 1. The van der Waals surface area contributed by atoms with Crippen molar-refractivity contribution in [3.8, 4) is 0 Å². The number of amides is 1. The number of hydrogen-bond acceptors (Lipinski definition) is 5. The predicted octanol–water partition coefficient (Wildman–Crippen LogP) is 1.80. The van der Waals surface area contributed by atoms with Gasteiger partial charge in [-0.1, -0.05) is 6.92 Å². The molecule has 124 valence electrons. The Hall–Kier alpha value is -1.95. The van der Waals surface area contributed by atoms with Gasteiger partial charge in [-0.3, -0.25) is 14.7 Å². The number of fused-ring (bicyclic) bond motifs is 1. The zero-order valence-corrected chi connectivity index (χ0v) is 13.8. The molecule has 2 heterocycles. The van der Waals surface area contributed by atoms with Gasteiger partial charge < -0.3 is 10.5 Å². The molecule has 1 amide bonds. The number of hydrogen-bond donors (Lipinski definition) is 1. The SMILES string of the molecule is CCOC(=O)C1(C2CC2)C(C)C(N)c2ccncc2N1C(C)=O. The van der Waals surface area contributed by atoms with Crippen LogP contribution in [0.3, 0.4) is 0 Å². The molecule has 1 aliphatic carbocycles. The molecule has 3 unspecified atom stereocenters. The third-order valence-electron chi connectivity index (χ3n) is 5.15. The molecule has 3 atom stereocenters. The maximum absolute atomic E-state index is 13.0. The van der Waals surface area contributed by atoms with Gasteiger partial charge in [-0.15, -0.1) is 0 Å². The quantitative estimate of drug-likeness (QED) is 0.859. The van der Waals surface area contributed by atoms with Gasteiger partial charge >= 0.3 is 5.97 Å². The summed E-state index contributed by atoms with van der Waals surface area (Å²) < 4.78 is 5.39. The third-order valence-corrected chi connectivity index (χ3v) is 5.15. The van der Waals surface area contributed by atoms with E-state index in [1.165, 1.54) is 6.92 Å². The molecule has 1 fully saturated rings. The van der Waals surface area contributed by atoms with Gasteiger partial charge in [-0.05, 0) is 37.3 Å². The Labute approximate surface area is 136 Å². The molecule has 6 heteroatoms. The molecule has 23 heavy (non-hydrogen) atoms. The minimum absolute atomic E-state index is 0.0832. The zero-order valence-electron chi connectivity index (χ0n) is 13.8. The van der Waals surface area contributed by atoms with Crippen LogP contribution in [0, 0.1) is 11.8 Å². The summed E-state index contributed by atoms with van der Waals surface area (Å²) in [6.07, 6.45) is 5.08. The molecular weight excluding hydrogens is 294 g/mol. The molecule has 2 N–H and O–H groups in total. The van der Waals surface area contributed by atoms with Gasteiger partial charge in [0.15, 0.2) is 5.54 Å². The Morgan fingerprint density at radius 3 is 2.74 bits per heavy atom. The first-order valence-corrected chi connectivity index (χ1v) is 8.13. The number of rotatable bonds is 3. The maximum Gasteiger partial charge on any atom is 0.333 e. The summed E-state index contributed by atoms with van der Waals surface area (Å²) >= 11 is 0. The summed E-state index contributed by atoms with van der Waals surface area (Å²) in [7, 11) is 0. The van der Waals surface area contributed by atoms with E-state index in [-0.39, 0.29) is 36.4 Å². The third kappa shape index (κ3) is 2.16. The number of esters is 1. The van der Waals surface area contributed by atoms with Crippen molar-refractivity contribution in [2.75, 3.05) is 11.5 Å². The van der Waals surface area contributed by atoms with Crippen LogP contribution in [-0.2, 0) is 14.3 Å². The molecule has 2 aliphatic rings. The lowest BCUT2D eigenvalue weighted by molar-refractivity contribution is -0.155. The number of pyridine rings is 1. The van der Waals surface area contributed by atoms with Crippen molar-refractivity contribution >= 4 is 17.6 Å². The molecule has 1 aromatic rings. The van der Waals surface area contributed by atoms with Crippen molar-refractivity contribution in [2.24, 2.45) is 17.6 Å². The molecule has 1 aliphatic heterocycles. The highest BCUT2D eigenvalue weighted by atomic mass is 16.5. The van der Waals surface area contributed by atoms with Crippen LogP contribution in [0.2, 0.25) is 0 Å². The molecule has 1 aromatic heterocycles. The first kappa shape index (κ1) is 15.9. The van der Waals surface area contributed by atoms with E-state index in [1.54, 1.807) is 24.2 Å². The predicted molar refractivity (Wildman–Crippen MR) is 85.6 cm³/mol. The number of carbonyl (C=O) groups excluding carboxylic acids is 2. The normalized spacial score (nSPS) is 29.8. The van der Waals surface area contributed by atoms with Crippen LogP contribution < -0.4 is 10.6 Å². The van der Waals surface area contributed by atoms with Crippen molar-refractivity contribution in [3.63, 3.8) is 0 Å². The van der Waals surface area contributed by atoms with Crippen LogP contribution in [-0.4, -0.2) is 29.0 Å². The van der Waals surface area contributed by atoms with Gasteiger partial charge in [0.05, 0.1) is 18.5 Å². The highest BCUT2D eigenvalue weighted by molar-refractivity contribution is 6.03. The summed E-state index contributed by atoms with van der Waals surface area (Å²) in [4.78, 5) is 31.2. The highest BCUT2D eigenvalue weighted by Gasteiger charge is 2.64. The van der Waals surface area contributed by atoms with Crippen molar-refractivity contribution < 1.29 is 14.3 Å². The minimum atomic E-state index is -1.03. The lowest BCUT2D eigenvalue weighted by Gasteiger charge is -2.51. The standard InChI is InChI=1S/C17H23N3O3/c1-4-23-16(22)17(12-5-6-12)10(2)15(18)13-7-8-19-9-14(13)20(17)11(3)21/h7-10,12,15H,4-6,18H2,1-3H3. The monoisotopic (exact) mass is 317 g/mol. The molecule has 6 nitrogen and oxygen atoms in total. The van der Waals surface area contributed by atoms with E-state index in [1.807, 2.05) is 13.0 Å². The fourth-order valence-electron chi connectivity index (χ4n) is 4.01. The molecule has 0 aromatic carbocycles. The molecular formula is C17H23N3O3. The Morgan fingerprint density at radius 2 is 2.17 bits per heavy atom. The van der Waals surface area contributed by atoms with Gasteiger partial charge in [-0.2, -0.15) is 0 Å². The second kappa shape index (κ2) is 5.60. The summed E-state index contributed by atoms with van der Waals surface area (Å²) in [6.45, 7) is 5.48. The second-order valence-electron chi connectivity index (χ2n) is 6.42.